The molecule has 0 radical (unpaired) electrons. The number of ether oxygens (including phenoxy) is 2. The molecule has 0 saturated heterocycles. The van der Waals surface area contributed by atoms with Crippen LogP contribution in [0.5, 0.6) is 11.5 Å². The molecular formula is C20H20FNO4S. The van der Waals surface area contributed by atoms with Gasteiger partial charge in [-0.05, 0) is 49.4 Å². The van der Waals surface area contributed by atoms with Gasteiger partial charge in [0, 0.05) is 23.7 Å². The van der Waals surface area contributed by atoms with E-state index in [1.54, 1.807) is 18.2 Å². The van der Waals surface area contributed by atoms with E-state index in [1.807, 2.05) is 36.1 Å². The van der Waals surface area contributed by atoms with Gasteiger partial charge in [-0.1, -0.05) is 12.1 Å². The van der Waals surface area contributed by atoms with Crippen LogP contribution < -0.4 is 14.4 Å². The zero-order valence-electron chi connectivity index (χ0n) is 15.2. The first kappa shape index (κ1) is 19.0. The number of allylic oxidation sites excluding steroid dienone is 3. The maximum Gasteiger partial charge on any atom is 0.196 e. The molecule has 2 aromatic carbocycles. The molecule has 1 heterocycles. The van der Waals surface area contributed by atoms with Crippen LogP contribution in [0.4, 0.5) is 10.1 Å². The van der Waals surface area contributed by atoms with Crippen molar-refractivity contribution in [3.63, 3.8) is 0 Å². The number of halogens is 1. The van der Waals surface area contributed by atoms with Crippen LogP contribution in [-0.4, -0.2) is 28.0 Å². The number of rotatable bonds is 5. The minimum atomic E-state index is -3.34. The summed E-state index contributed by atoms with van der Waals surface area (Å²) in [7, 11) is -1.90. The fourth-order valence-corrected chi connectivity index (χ4v) is 3.49. The lowest BCUT2D eigenvalue weighted by Crippen LogP contribution is -2.38. The number of anilines is 1. The molecule has 1 unspecified atom stereocenters. The van der Waals surface area contributed by atoms with Gasteiger partial charge in [-0.3, -0.25) is 0 Å². The lowest BCUT2D eigenvalue weighted by molar-refractivity contribution is 0.236. The van der Waals surface area contributed by atoms with Crippen LogP contribution in [0.15, 0.2) is 71.3 Å². The van der Waals surface area contributed by atoms with Crippen molar-refractivity contribution in [1.82, 2.24) is 0 Å². The molecule has 1 aliphatic rings. The van der Waals surface area contributed by atoms with Gasteiger partial charge in [0.15, 0.2) is 27.6 Å². The highest BCUT2D eigenvalue weighted by Crippen LogP contribution is 2.33. The number of hydrogen-bond acceptors (Lipinski definition) is 5. The highest BCUT2D eigenvalue weighted by Gasteiger charge is 2.24. The summed E-state index contributed by atoms with van der Waals surface area (Å²) >= 11 is 0. The molecule has 0 aromatic heterocycles. The molecule has 0 aliphatic carbocycles. The molecule has 27 heavy (non-hydrogen) atoms. The average Bonchev–Trinajstić information content (AvgIpc) is 2.62. The summed E-state index contributed by atoms with van der Waals surface area (Å²) in [6.07, 6.45) is 6.19. The van der Waals surface area contributed by atoms with E-state index in [-0.39, 0.29) is 10.6 Å². The SMILES string of the molecule is COc1cc(F)ccc1OC1C=CC=C(C)N1c1cccc(S(C)(=O)=O)c1. The van der Waals surface area contributed by atoms with E-state index in [1.165, 1.54) is 31.6 Å². The van der Waals surface area contributed by atoms with Crippen molar-refractivity contribution in [3.8, 4) is 11.5 Å². The predicted octanol–water partition coefficient (Wildman–Crippen LogP) is 3.92. The number of benzene rings is 2. The van der Waals surface area contributed by atoms with E-state index in [9.17, 15) is 12.8 Å². The molecule has 0 saturated carbocycles. The molecule has 0 fully saturated rings. The van der Waals surface area contributed by atoms with Crippen LogP contribution in [0.2, 0.25) is 0 Å². The summed E-state index contributed by atoms with van der Waals surface area (Å²) in [5.41, 5.74) is 1.54. The van der Waals surface area contributed by atoms with Crippen LogP contribution in [0.25, 0.3) is 0 Å². The third kappa shape index (κ3) is 4.14. The fourth-order valence-electron chi connectivity index (χ4n) is 2.83. The topological polar surface area (TPSA) is 55.8 Å². The highest BCUT2D eigenvalue weighted by atomic mass is 32.2. The summed E-state index contributed by atoms with van der Waals surface area (Å²) in [6, 6.07) is 10.7. The lowest BCUT2D eigenvalue weighted by Gasteiger charge is -2.34. The molecule has 1 atom stereocenters. The van der Waals surface area contributed by atoms with Gasteiger partial charge < -0.3 is 14.4 Å². The van der Waals surface area contributed by atoms with E-state index < -0.39 is 21.9 Å². The van der Waals surface area contributed by atoms with Gasteiger partial charge in [0.1, 0.15) is 5.82 Å². The lowest BCUT2D eigenvalue weighted by atomic mass is 10.2. The first-order valence-corrected chi connectivity index (χ1v) is 10.1. The first-order valence-electron chi connectivity index (χ1n) is 8.24. The Kier molecular flexibility index (Phi) is 5.23. The Bertz CT molecular complexity index is 1010. The fraction of sp³-hybridized carbons (Fsp3) is 0.200. The predicted molar refractivity (Wildman–Crippen MR) is 102 cm³/mol. The number of hydrogen-bond donors (Lipinski definition) is 0. The van der Waals surface area contributed by atoms with Gasteiger partial charge in [-0.25, -0.2) is 12.8 Å². The van der Waals surface area contributed by atoms with Crippen molar-refractivity contribution in [2.75, 3.05) is 18.3 Å². The van der Waals surface area contributed by atoms with E-state index in [2.05, 4.69) is 0 Å². The Morgan fingerprint density at radius 1 is 1.11 bits per heavy atom. The maximum absolute atomic E-state index is 13.4. The van der Waals surface area contributed by atoms with E-state index in [0.29, 0.717) is 11.4 Å². The second-order valence-corrected chi connectivity index (χ2v) is 8.15. The zero-order valence-corrected chi connectivity index (χ0v) is 16.0. The van der Waals surface area contributed by atoms with Crippen LogP contribution in [0, 0.1) is 5.82 Å². The van der Waals surface area contributed by atoms with Crippen molar-refractivity contribution in [3.05, 3.63) is 72.2 Å². The largest absolute Gasteiger partial charge is 0.493 e. The molecule has 7 heteroatoms. The summed E-state index contributed by atoms with van der Waals surface area (Å²) in [6.45, 7) is 1.90. The van der Waals surface area contributed by atoms with Gasteiger partial charge in [0.05, 0.1) is 12.0 Å². The molecule has 1 aliphatic heterocycles. The number of sulfone groups is 1. The smallest absolute Gasteiger partial charge is 0.196 e. The molecule has 142 valence electrons. The van der Waals surface area contributed by atoms with Crippen molar-refractivity contribution in [2.24, 2.45) is 0 Å². The Balaban J connectivity index is 1.98. The average molecular weight is 389 g/mol. The highest BCUT2D eigenvalue weighted by molar-refractivity contribution is 7.90. The quantitative estimate of drug-likeness (QED) is 0.776. The first-order chi connectivity index (χ1) is 12.8. The second kappa shape index (κ2) is 7.44. The summed E-state index contributed by atoms with van der Waals surface area (Å²) in [5, 5.41) is 0. The molecule has 3 rings (SSSR count). The molecule has 0 bridgehead atoms. The Hall–Kier alpha value is -2.80. The van der Waals surface area contributed by atoms with Crippen molar-refractivity contribution in [1.29, 1.82) is 0 Å². The molecule has 5 nitrogen and oxygen atoms in total. The van der Waals surface area contributed by atoms with Crippen LogP contribution in [-0.2, 0) is 9.84 Å². The molecule has 2 aromatic rings. The van der Waals surface area contributed by atoms with E-state index in [0.717, 1.165) is 5.70 Å². The standard InChI is InChI=1S/C20H20FNO4S/c1-14-6-4-9-20(26-18-11-10-15(21)12-19(18)25-2)22(14)16-7-5-8-17(13-16)27(3,23)24/h4-13,20H,1-3H3. The molecule has 0 amide bonds. The van der Waals surface area contributed by atoms with Gasteiger partial charge >= 0.3 is 0 Å². The van der Waals surface area contributed by atoms with Crippen molar-refractivity contribution < 1.29 is 22.3 Å². The van der Waals surface area contributed by atoms with Crippen LogP contribution >= 0.6 is 0 Å². The Morgan fingerprint density at radius 3 is 2.59 bits per heavy atom. The summed E-state index contributed by atoms with van der Waals surface area (Å²) in [5.74, 6) is 0.236. The minimum absolute atomic E-state index is 0.223. The van der Waals surface area contributed by atoms with Crippen LogP contribution in [0.1, 0.15) is 6.92 Å². The van der Waals surface area contributed by atoms with Gasteiger partial charge in [-0.2, -0.15) is 0 Å². The van der Waals surface area contributed by atoms with Crippen molar-refractivity contribution >= 4 is 15.5 Å². The third-order valence-electron chi connectivity index (χ3n) is 4.14. The van der Waals surface area contributed by atoms with Gasteiger partial charge in [0.25, 0.3) is 0 Å². The normalized spacial score (nSPS) is 16.8. The monoisotopic (exact) mass is 389 g/mol. The number of methoxy groups -OCH3 is 1. The summed E-state index contributed by atoms with van der Waals surface area (Å²) in [4.78, 5) is 2.08. The third-order valence-corrected chi connectivity index (χ3v) is 5.26. The summed E-state index contributed by atoms with van der Waals surface area (Å²) < 4.78 is 48.5. The molecule has 0 spiro atoms. The zero-order chi connectivity index (χ0) is 19.6. The molecular weight excluding hydrogens is 369 g/mol. The van der Waals surface area contributed by atoms with Crippen LogP contribution in [0.3, 0.4) is 0 Å². The minimum Gasteiger partial charge on any atom is -0.493 e. The van der Waals surface area contributed by atoms with E-state index in [4.69, 9.17) is 9.47 Å². The molecule has 0 N–H and O–H groups in total. The van der Waals surface area contributed by atoms with Gasteiger partial charge in [-0.15, -0.1) is 0 Å². The Morgan fingerprint density at radius 2 is 1.89 bits per heavy atom. The maximum atomic E-state index is 13.4. The Labute approximate surface area is 158 Å². The van der Waals surface area contributed by atoms with Gasteiger partial charge in [0.2, 0.25) is 0 Å². The van der Waals surface area contributed by atoms with Crippen molar-refractivity contribution in [2.45, 2.75) is 18.0 Å². The second-order valence-electron chi connectivity index (χ2n) is 6.14. The number of nitrogens with zero attached hydrogens (tertiary/aromatic N) is 1. The van der Waals surface area contributed by atoms with E-state index >= 15 is 0 Å².